The van der Waals surface area contributed by atoms with Crippen LogP contribution in [0.3, 0.4) is 0 Å². The van der Waals surface area contributed by atoms with E-state index in [1.165, 1.54) is 238 Å². The molecule has 0 amide bonds. The van der Waals surface area contributed by atoms with E-state index in [0.717, 1.165) is 89.9 Å². The van der Waals surface area contributed by atoms with Crippen LogP contribution < -0.4 is 0 Å². The van der Waals surface area contributed by atoms with E-state index < -0.39 is 97.5 Å². The first kappa shape index (κ1) is 93.1. The molecule has 0 rings (SSSR count). The molecule has 0 aliphatic carbocycles. The van der Waals surface area contributed by atoms with Crippen molar-refractivity contribution < 1.29 is 80.2 Å². The summed E-state index contributed by atoms with van der Waals surface area (Å²) in [5, 5.41) is 10.6. The van der Waals surface area contributed by atoms with Gasteiger partial charge in [-0.1, -0.05) is 355 Å². The molecule has 0 aliphatic rings. The van der Waals surface area contributed by atoms with E-state index in [0.29, 0.717) is 25.7 Å². The lowest BCUT2D eigenvalue weighted by Gasteiger charge is -2.21. The fourth-order valence-corrected chi connectivity index (χ4v) is 13.3. The first-order valence-electron chi connectivity index (χ1n) is 39.8. The fourth-order valence-electron chi connectivity index (χ4n) is 11.8. The summed E-state index contributed by atoms with van der Waals surface area (Å²) >= 11 is 0. The Hall–Kier alpha value is -1.94. The molecule has 5 atom stereocenters. The van der Waals surface area contributed by atoms with Gasteiger partial charge in [0, 0.05) is 25.7 Å². The Balaban J connectivity index is 5.22. The molecule has 3 N–H and O–H groups in total. The van der Waals surface area contributed by atoms with Crippen molar-refractivity contribution >= 4 is 39.5 Å². The highest BCUT2D eigenvalue weighted by atomic mass is 31.2. The van der Waals surface area contributed by atoms with Crippen LogP contribution in [0.4, 0.5) is 0 Å². The van der Waals surface area contributed by atoms with Crippen molar-refractivity contribution in [3.63, 3.8) is 0 Å². The molecule has 0 saturated carbocycles. The minimum atomic E-state index is -4.96. The van der Waals surface area contributed by atoms with Crippen LogP contribution in [0.1, 0.15) is 407 Å². The number of ether oxygens (including phenoxy) is 4. The maximum Gasteiger partial charge on any atom is 0.472 e. The van der Waals surface area contributed by atoms with Gasteiger partial charge in [0.25, 0.3) is 0 Å². The van der Waals surface area contributed by atoms with Crippen LogP contribution in [0.25, 0.3) is 0 Å². The standard InChI is InChI=1S/C76H148O17P2/c1-5-9-13-17-21-25-29-31-33-34-35-36-37-39-43-47-51-55-59-63-76(81)93-72(67-87-74(79)61-57-53-49-45-42-38-32-30-26-22-18-14-10-6-2)69-91-95(84,85)89-65-70(77)64-88-94(82,83)90-68-71(92-75(80)62-58-54-50-46-41-28-24-20-16-12-8-4)66-86-73(78)60-56-52-48-44-40-27-23-19-15-11-7-3/h70-72,77H,5-69H2,1-4H3,(H,82,83)(H,84,85)/t70-,71+,72+/m0/s1. The molecule has 0 aromatic rings. The van der Waals surface area contributed by atoms with Gasteiger partial charge in [0.2, 0.25) is 0 Å². The molecule has 564 valence electrons. The zero-order valence-electron chi connectivity index (χ0n) is 61.6. The van der Waals surface area contributed by atoms with E-state index in [4.69, 9.17) is 37.0 Å². The van der Waals surface area contributed by atoms with Gasteiger partial charge in [-0.15, -0.1) is 0 Å². The van der Waals surface area contributed by atoms with Gasteiger partial charge in [0.1, 0.15) is 19.3 Å². The van der Waals surface area contributed by atoms with Gasteiger partial charge in [-0.2, -0.15) is 0 Å². The summed E-state index contributed by atoms with van der Waals surface area (Å²) in [5.74, 6) is -2.11. The minimum Gasteiger partial charge on any atom is -0.462 e. The van der Waals surface area contributed by atoms with Gasteiger partial charge in [-0.3, -0.25) is 37.3 Å². The van der Waals surface area contributed by atoms with Crippen LogP contribution in [0.15, 0.2) is 0 Å². The molecule has 19 heteroatoms. The number of carbonyl (C=O) groups is 4. The predicted molar refractivity (Wildman–Crippen MR) is 386 cm³/mol. The molecule has 2 unspecified atom stereocenters. The largest absolute Gasteiger partial charge is 0.472 e. The summed E-state index contributed by atoms with van der Waals surface area (Å²) in [5.41, 5.74) is 0. The normalized spacial score (nSPS) is 13.9. The van der Waals surface area contributed by atoms with Gasteiger partial charge < -0.3 is 33.8 Å². The highest BCUT2D eigenvalue weighted by molar-refractivity contribution is 7.47. The van der Waals surface area contributed by atoms with Crippen molar-refractivity contribution in [3.8, 4) is 0 Å². The Morgan fingerprint density at radius 2 is 0.421 bits per heavy atom. The van der Waals surface area contributed by atoms with E-state index >= 15 is 0 Å². The molecule has 0 heterocycles. The first-order chi connectivity index (χ1) is 46.2. The zero-order chi connectivity index (χ0) is 69.7. The molecule has 0 aromatic carbocycles. The molecule has 0 radical (unpaired) electrons. The van der Waals surface area contributed by atoms with Gasteiger partial charge >= 0.3 is 39.5 Å². The van der Waals surface area contributed by atoms with E-state index in [1.54, 1.807) is 0 Å². The van der Waals surface area contributed by atoms with Crippen LogP contribution in [0, 0.1) is 0 Å². The summed E-state index contributed by atoms with van der Waals surface area (Å²) in [4.78, 5) is 72.8. The summed E-state index contributed by atoms with van der Waals surface area (Å²) in [6, 6.07) is 0. The number of hydrogen-bond acceptors (Lipinski definition) is 15. The quantitative estimate of drug-likeness (QED) is 0.0222. The number of carbonyl (C=O) groups excluding carboxylic acids is 4. The number of phosphoric ester groups is 2. The Morgan fingerprint density at radius 3 is 0.621 bits per heavy atom. The third kappa shape index (κ3) is 70.3. The topological polar surface area (TPSA) is 237 Å². The molecule has 0 aromatic heterocycles. The highest BCUT2D eigenvalue weighted by Crippen LogP contribution is 2.45. The van der Waals surface area contributed by atoms with Crippen LogP contribution in [0.5, 0.6) is 0 Å². The second-order valence-electron chi connectivity index (χ2n) is 27.4. The number of rotatable bonds is 77. The van der Waals surface area contributed by atoms with Gasteiger partial charge in [-0.25, -0.2) is 9.13 Å². The SMILES string of the molecule is CCCCCCCCCCCCCCCCCCCCCC(=O)O[C@H](COC(=O)CCCCCCCCCCCCCCCC)COP(=O)(O)OC[C@@H](O)COP(=O)(O)OC[C@@H](COC(=O)CCCCCCCCCCCCC)OC(=O)CCCCCCCCCCCCC. The predicted octanol–water partition coefficient (Wildman–Crippen LogP) is 22.6. The molecule has 17 nitrogen and oxygen atoms in total. The van der Waals surface area contributed by atoms with Gasteiger partial charge in [0.05, 0.1) is 26.4 Å². The highest BCUT2D eigenvalue weighted by Gasteiger charge is 2.30. The maximum absolute atomic E-state index is 13.1. The van der Waals surface area contributed by atoms with Crippen molar-refractivity contribution in [1.29, 1.82) is 0 Å². The molecule has 0 spiro atoms. The van der Waals surface area contributed by atoms with E-state index in [9.17, 15) is 43.2 Å². The van der Waals surface area contributed by atoms with Crippen LogP contribution in [0.2, 0.25) is 0 Å². The lowest BCUT2D eigenvalue weighted by atomic mass is 10.0. The molecule has 0 saturated heterocycles. The molecule has 95 heavy (non-hydrogen) atoms. The molecular formula is C76H148O17P2. The maximum atomic E-state index is 13.1. The average molecular weight is 1400 g/mol. The lowest BCUT2D eigenvalue weighted by Crippen LogP contribution is -2.30. The Kier molecular flexibility index (Phi) is 69.1. The van der Waals surface area contributed by atoms with Crippen molar-refractivity contribution in [3.05, 3.63) is 0 Å². The summed E-state index contributed by atoms with van der Waals surface area (Å²) in [6.07, 6.45) is 60.9. The lowest BCUT2D eigenvalue weighted by molar-refractivity contribution is -0.161. The number of esters is 4. The van der Waals surface area contributed by atoms with Crippen LogP contribution in [-0.4, -0.2) is 96.7 Å². The number of phosphoric acid groups is 2. The van der Waals surface area contributed by atoms with Crippen molar-refractivity contribution in [2.75, 3.05) is 39.6 Å². The Bertz CT molecular complexity index is 1810. The number of aliphatic hydroxyl groups is 1. The van der Waals surface area contributed by atoms with Gasteiger partial charge in [-0.05, 0) is 25.7 Å². The molecule has 0 bridgehead atoms. The number of hydrogen-bond donors (Lipinski definition) is 3. The monoisotopic (exact) mass is 1400 g/mol. The van der Waals surface area contributed by atoms with Crippen molar-refractivity contribution in [2.45, 2.75) is 425 Å². The van der Waals surface area contributed by atoms with E-state index in [1.807, 2.05) is 0 Å². The molecule has 0 fully saturated rings. The van der Waals surface area contributed by atoms with E-state index in [2.05, 4.69) is 27.7 Å². The third-order valence-corrected chi connectivity index (χ3v) is 19.8. The zero-order valence-corrected chi connectivity index (χ0v) is 63.4. The van der Waals surface area contributed by atoms with E-state index in [-0.39, 0.29) is 25.7 Å². The fraction of sp³-hybridized carbons (Fsp3) is 0.947. The summed E-state index contributed by atoms with van der Waals surface area (Å²) in [6.45, 7) is 4.99. The third-order valence-electron chi connectivity index (χ3n) is 17.9. The average Bonchev–Trinajstić information content (AvgIpc) is 1.33. The number of aliphatic hydroxyl groups excluding tert-OH is 1. The Labute approximate surface area is 581 Å². The summed E-state index contributed by atoms with van der Waals surface area (Å²) in [7, 11) is -9.91. The van der Waals surface area contributed by atoms with Crippen LogP contribution >= 0.6 is 15.6 Å². The number of unbranched alkanes of at least 4 members (excludes halogenated alkanes) is 51. The van der Waals surface area contributed by atoms with Crippen LogP contribution in [-0.2, 0) is 65.4 Å². The second kappa shape index (κ2) is 70.5. The molecule has 0 aliphatic heterocycles. The first-order valence-corrected chi connectivity index (χ1v) is 42.8. The second-order valence-corrected chi connectivity index (χ2v) is 30.3. The van der Waals surface area contributed by atoms with Gasteiger partial charge in [0.15, 0.2) is 12.2 Å². The minimum absolute atomic E-state index is 0.108. The summed E-state index contributed by atoms with van der Waals surface area (Å²) < 4.78 is 68.5. The van der Waals surface area contributed by atoms with Crippen molar-refractivity contribution in [1.82, 2.24) is 0 Å². The molecular weight excluding hydrogens is 1250 g/mol. The smallest absolute Gasteiger partial charge is 0.462 e. The Morgan fingerprint density at radius 1 is 0.253 bits per heavy atom. The van der Waals surface area contributed by atoms with Crippen molar-refractivity contribution in [2.24, 2.45) is 0 Å².